The summed E-state index contributed by atoms with van der Waals surface area (Å²) < 4.78 is -1.76. The Balaban J connectivity index is 2.16. The normalized spacial score (nSPS) is 13.2. The molecule has 26 heavy (non-hydrogen) atoms. The van der Waals surface area contributed by atoms with E-state index in [1.807, 2.05) is 12.1 Å². The van der Waals surface area contributed by atoms with Gasteiger partial charge in [-0.3, -0.25) is 4.79 Å². The molecule has 0 spiro atoms. The van der Waals surface area contributed by atoms with Gasteiger partial charge in [0.1, 0.15) is 6.17 Å². The number of carbonyl (C=O) groups is 1. The van der Waals surface area contributed by atoms with Gasteiger partial charge in [-0.2, -0.15) is 0 Å². The third kappa shape index (κ3) is 5.95. The summed E-state index contributed by atoms with van der Waals surface area (Å²) in [5.74, 6) is -0.351. The monoisotopic (exact) mass is 432 g/mol. The Labute approximate surface area is 174 Å². The van der Waals surface area contributed by atoms with E-state index in [1.165, 1.54) is 0 Å². The third-order valence-electron chi connectivity index (χ3n) is 3.75. The Morgan fingerprint density at radius 1 is 1.00 bits per heavy atom. The number of amides is 1. The summed E-state index contributed by atoms with van der Waals surface area (Å²) in [6.45, 7) is 6.32. The summed E-state index contributed by atoms with van der Waals surface area (Å²) >= 11 is 24.0. The molecule has 1 atom stereocenters. The fourth-order valence-electron chi connectivity index (χ4n) is 2.28. The van der Waals surface area contributed by atoms with E-state index >= 15 is 0 Å². The molecule has 1 amide bonds. The standard InChI is InChI=1S/C19H20Cl4N2O/c1-18(2,3)13-9-7-12(8-10-13)16(26)25-17(19(21,22)23)24-15-6-4-5-14(20)11-15/h4-11,17,24H,1-3H3,(H,25,26)/t17-/m0/s1. The van der Waals surface area contributed by atoms with Crippen LogP contribution in [-0.2, 0) is 5.41 Å². The van der Waals surface area contributed by atoms with Crippen molar-refractivity contribution in [1.29, 1.82) is 0 Å². The Morgan fingerprint density at radius 2 is 1.62 bits per heavy atom. The highest BCUT2D eigenvalue weighted by molar-refractivity contribution is 6.68. The van der Waals surface area contributed by atoms with Crippen molar-refractivity contribution in [3.8, 4) is 0 Å². The number of halogens is 4. The van der Waals surface area contributed by atoms with Crippen LogP contribution in [0.1, 0.15) is 36.7 Å². The zero-order valence-corrected chi connectivity index (χ0v) is 17.6. The fourth-order valence-corrected chi connectivity index (χ4v) is 2.80. The van der Waals surface area contributed by atoms with Gasteiger partial charge in [-0.1, -0.05) is 85.4 Å². The number of nitrogens with one attached hydrogen (secondary N) is 2. The lowest BCUT2D eigenvalue weighted by atomic mass is 9.87. The molecule has 0 unspecified atom stereocenters. The zero-order chi connectivity index (χ0) is 19.5. The lowest BCUT2D eigenvalue weighted by Gasteiger charge is -2.27. The van der Waals surface area contributed by atoms with Gasteiger partial charge in [0.25, 0.3) is 5.91 Å². The molecule has 0 saturated carbocycles. The molecule has 7 heteroatoms. The summed E-state index contributed by atoms with van der Waals surface area (Å²) in [7, 11) is 0. The van der Waals surface area contributed by atoms with E-state index in [-0.39, 0.29) is 11.3 Å². The smallest absolute Gasteiger partial charge is 0.252 e. The van der Waals surface area contributed by atoms with Crippen LogP contribution in [0.5, 0.6) is 0 Å². The Morgan fingerprint density at radius 3 is 2.12 bits per heavy atom. The first-order chi connectivity index (χ1) is 12.0. The second-order valence-electron chi connectivity index (χ2n) is 6.93. The minimum atomic E-state index is -1.76. The van der Waals surface area contributed by atoms with Gasteiger partial charge in [0.15, 0.2) is 0 Å². The van der Waals surface area contributed by atoms with Crippen LogP contribution in [-0.4, -0.2) is 15.9 Å². The van der Waals surface area contributed by atoms with Gasteiger partial charge in [0, 0.05) is 16.3 Å². The van der Waals surface area contributed by atoms with Crippen LogP contribution in [0.15, 0.2) is 48.5 Å². The highest BCUT2D eigenvalue weighted by Gasteiger charge is 2.34. The molecule has 0 aliphatic heterocycles. The maximum atomic E-state index is 12.6. The molecule has 2 aromatic carbocycles. The maximum Gasteiger partial charge on any atom is 0.252 e. The van der Waals surface area contributed by atoms with Gasteiger partial charge in [0.2, 0.25) is 3.79 Å². The first kappa shape index (κ1) is 21.2. The second kappa shape index (κ2) is 8.26. The number of rotatable bonds is 4. The topological polar surface area (TPSA) is 41.1 Å². The van der Waals surface area contributed by atoms with E-state index in [0.717, 1.165) is 5.56 Å². The van der Waals surface area contributed by atoms with Crippen LogP contribution < -0.4 is 10.6 Å². The van der Waals surface area contributed by atoms with Crippen LogP contribution in [0.3, 0.4) is 0 Å². The van der Waals surface area contributed by atoms with Crippen molar-refractivity contribution in [3.05, 3.63) is 64.7 Å². The minimum absolute atomic E-state index is 0.00322. The first-order valence-corrected chi connectivity index (χ1v) is 9.48. The minimum Gasteiger partial charge on any atom is -0.362 e. The summed E-state index contributed by atoms with van der Waals surface area (Å²) in [4.78, 5) is 12.6. The van der Waals surface area contributed by atoms with Gasteiger partial charge in [0.05, 0.1) is 0 Å². The lowest BCUT2D eigenvalue weighted by molar-refractivity contribution is 0.0942. The van der Waals surface area contributed by atoms with Crippen molar-refractivity contribution in [2.75, 3.05) is 5.32 Å². The average Bonchev–Trinajstić information content (AvgIpc) is 2.52. The van der Waals surface area contributed by atoms with Crippen molar-refractivity contribution < 1.29 is 4.79 Å². The predicted molar refractivity (Wildman–Crippen MR) is 112 cm³/mol. The SMILES string of the molecule is CC(C)(C)c1ccc(C(=O)N[C@H](Nc2cccc(Cl)c2)C(Cl)(Cl)Cl)cc1. The Bertz CT molecular complexity index is 764. The Hall–Kier alpha value is -1.13. The summed E-state index contributed by atoms with van der Waals surface area (Å²) in [5.41, 5.74) is 2.23. The molecule has 0 saturated heterocycles. The summed E-state index contributed by atoms with van der Waals surface area (Å²) in [5, 5.41) is 6.22. The number of carbonyl (C=O) groups excluding carboxylic acids is 1. The molecule has 0 aliphatic rings. The van der Waals surface area contributed by atoms with Crippen molar-refractivity contribution in [2.45, 2.75) is 36.1 Å². The Kier molecular flexibility index (Phi) is 6.73. The third-order valence-corrected chi connectivity index (χ3v) is 4.64. The van der Waals surface area contributed by atoms with E-state index in [0.29, 0.717) is 16.3 Å². The summed E-state index contributed by atoms with van der Waals surface area (Å²) in [6.07, 6.45) is -0.944. The molecule has 2 rings (SSSR count). The average molecular weight is 434 g/mol. The van der Waals surface area contributed by atoms with Crippen LogP contribution in [0, 0.1) is 0 Å². The second-order valence-corrected chi connectivity index (χ2v) is 9.74. The molecule has 0 fully saturated rings. The zero-order valence-electron chi connectivity index (χ0n) is 14.6. The highest BCUT2D eigenvalue weighted by Crippen LogP contribution is 2.32. The van der Waals surface area contributed by atoms with Gasteiger partial charge in [-0.05, 0) is 41.3 Å². The van der Waals surface area contributed by atoms with Crippen LogP contribution in [0.4, 0.5) is 5.69 Å². The number of hydrogen-bond acceptors (Lipinski definition) is 2. The van der Waals surface area contributed by atoms with E-state index in [2.05, 4.69) is 31.4 Å². The molecule has 2 N–H and O–H groups in total. The van der Waals surface area contributed by atoms with Gasteiger partial charge in [-0.25, -0.2) is 0 Å². The van der Waals surface area contributed by atoms with Crippen molar-refractivity contribution in [3.63, 3.8) is 0 Å². The molecule has 3 nitrogen and oxygen atoms in total. The van der Waals surface area contributed by atoms with Crippen molar-refractivity contribution >= 4 is 58.0 Å². The largest absolute Gasteiger partial charge is 0.362 e. The molecular weight excluding hydrogens is 414 g/mol. The van der Waals surface area contributed by atoms with E-state index < -0.39 is 9.96 Å². The first-order valence-electron chi connectivity index (χ1n) is 7.97. The van der Waals surface area contributed by atoms with Crippen molar-refractivity contribution in [1.82, 2.24) is 5.32 Å². The molecule has 2 aromatic rings. The quantitative estimate of drug-likeness (QED) is 0.446. The molecule has 140 valence electrons. The predicted octanol–water partition coefficient (Wildman–Crippen LogP) is 6.18. The van der Waals surface area contributed by atoms with Crippen LogP contribution in [0.25, 0.3) is 0 Å². The number of alkyl halides is 3. The fraction of sp³-hybridized carbons (Fsp3) is 0.316. The summed E-state index contributed by atoms with van der Waals surface area (Å²) in [6, 6.07) is 14.3. The molecule has 0 bridgehead atoms. The lowest BCUT2D eigenvalue weighted by Crippen LogP contribution is -2.49. The van der Waals surface area contributed by atoms with Gasteiger partial charge < -0.3 is 10.6 Å². The van der Waals surface area contributed by atoms with E-state index in [4.69, 9.17) is 46.4 Å². The van der Waals surface area contributed by atoms with Gasteiger partial charge in [-0.15, -0.1) is 0 Å². The van der Waals surface area contributed by atoms with E-state index in [1.54, 1.807) is 36.4 Å². The number of anilines is 1. The molecule has 0 radical (unpaired) electrons. The number of benzene rings is 2. The molecule has 0 heterocycles. The highest BCUT2D eigenvalue weighted by atomic mass is 35.6. The van der Waals surface area contributed by atoms with Crippen molar-refractivity contribution in [2.24, 2.45) is 0 Å². The number of hydrogen-bond donors (Lipinski definition) is 2. The van der Waals surface area contributed by atoms with Gasteiger partial charge >= 0.3 is 0 Å². The maximum absolute atomic E-state index is 12.6. The van der Waals surface area contributed by atoms with Crippen LogP contribution >= 0.6 is 46.4 Å². The molecular formula is C19H20Cl4N2O. The molecule has 0 aliphatic carbocycles. The van der Waals surface area contributed by atoms with E-state index in [9.17, 15) is 4.79 Å². The van der Waals surface area contributed by atoms with Crippen LogP contribution in [0.2, 0.25) is 5.02 Å². The molecule has 0 aromatic heterocycles.